The molecule has 0 aromatic rings. The highest BCUT2D eigenvalue weighted by Gasteiger charge is 1.79. The van der Waals surface area contributed by atoms with Crippen LogP contribution < -0.4 is 0 Å². The van der Waals surface area contributed by atoms with E-state index in [-0.39, 0.29) is 6.47 Å². The van der Waals surface area contributed by atoms with Crippen molar-refractivity contribution in [2.75, 3.05) is 0 Å². The highest BCUT2D eigenvalue weighted by Crippen LogP contribution is 1.77. The third-order valence-corrected chi connectivity index (χ3v) is 0.563. The molecule has 0 amide bonds. The van der Waals surface area contributed by atoms with E-state index in [1.54, 1.807) is 0 Å². The van der Waals surface area contributed by atoms with Crippen LogP contribution in [0.2, 0.25) is 0 Å². The molecule has 0 unspecified atom stereocenters. The van der Waals surface area contributed by atoms with Crippen LogP contribution in [0.4, 0.5) is 0 Å². The smallest absolute Gasteiger partial charge is 0.328 e. The molecule has 0 heterocycles. The molecule has 1 N–H and O–H groups in total. The summed E-state index contributed by atoms with van der Waals surface area (Å²) in [4.78, 5) is 19.3. The van der Waals surface area contributed by atoms with Crippen molar-refractivity contribution in [3.8, 4) is 0 Å². The fourth-order valence-corrected chi connectivity index (χ4v) is 0.261. The quantitative estimate of drug-likeness (QED) is 0.265. The molecular formula is C6H6O4. The first-order valence-electron chi connectivity index (χ1n) is 2.42. The Morgan fingerprint density at radius 2 is 2.10 bits per heavy atom. The van der Waals surface area contributed by atoms with E-state index in [1.807, 2.05) is 0 Å². The predicted octanol–water partition coefficient (Wildman–Crippen LogP) is 0.314. The first-order chi connectivity index (χ1) is 4.77. The van der Waals surface area contributed by atoms with Gasteiger partial charge in [0.15, 0.2) is 0 Å². The molecule has 0 aliphatic heterocycles. The lowest BCUT2D eigenvalue weighted by Gasteiger charge is -1.78. The maximum atomic E-state index is 9.80. The van der Waals surface area contributed by atoms with E-state index >= 15 is 0 Å². The van der Waals surface area contributed by atoms with Crippen molar-refractivity contribution in [2.24, 2.45) is 0 Å². The van der Waals surface area contributed by atoms with Crippen LogP contribution in [0.15, 0.2) is 24.5 Å². The van der Waals surface area contributed by atoms with E-state index in [0.29, 0.717) is 0 Å². The normalized spacial score (nSPS) is 10.4. The summed E-state index contributed by atoms with van der Waals surface area (Å²) >= 11 is 0. The SMILES string of the molecule is O=CO/C=C/C=C/C(=O)O. The van der Waals surface area contributed by atoms with E-state index in [4.69, 9.17) is 5.11 Å². The molecule has 0 aliphatic rings. The van der Waals surface area contributed by atoms with Crippen LogP contribution >= 0.6 is 0 Å². The van der Waals surface area contributed by atoms with E-state index in [1.165, 1.54) is 12.2 Å². The Balaban J connectivity index is 3.51. The summed E-state index contributed by atoms with van der Waals surface area (Å²) in [7, 11) is 0. The van der Waals surface area contributed by atoms with Crippen molar-refractivity contribution in [3.05, 3.63) is 24.5 Å². The van der Waals surface area contributed by atoms with Gasteiger partial charge in [-0.3, -0.25) is 4.79 Å². The summed E-state index contributed by atoms with van der Waals surface area (Å²) in [6, 6.07) is 0. The zero-order valence-electron chi connectivity index (χ0n) is 5.06. The number of allylic oxidation sites excluding steroid dienone is 2. The highest BCUT2D eigenvalue weighted by atomic mass is 16.5. The second-order valence-corrected chi connectivity index (χ2v) is 1.26. The number of hydrogen-bond acceptors (Lipinski definition) is 3. The first-order valence-corrected chi connectivity index (χ1v) is 2.42. The largest absolute Gasteiger partial charge is 0.478 e. The molecule has 4 nitrogen and oxygen atoms in total. The Morgan fingerprint density at radius 3 is 2.60 bits per heavy atom. The molecule has 54 valence electrons. The van der Waals surface area contributed by atoms with Gasteiger partial charge in [0.1, 0.15) is 0 Å². The standard InChI is InChI=1S/C6H6O4/c7-5-10-4-2-1-3-6(8)9/h1-5H,(H,8,9)/b3-1+,4-2+. The van der Waals surface area contributed by atoms with Gasteiger partial charge in [-0.2, -0.15) is 0 Å². The van der Waals surface area contributed by atoms with Crippen molar-refractivity contribution in [3.63, 3.8) is 0 Å². The van der Waals surface area contributed by atoms with E-state index in [0.717, 1.165) is 12.3 Å². The van der Waals surface area contributed by atoms with Crippen molar-refractivity contribution in [1.29, 1.82) is 0 Å². The molecule has 0 saturated heterocycles. The zero-order valence-corrected chi connectivity index (χ0v) is 5.06. The molecule has 0 atom stereocenters. The number of hydrogen-bond donors (Lipinski definition) is 1. The van der Waals surface area contributed by atoms with Crippen LogP contribution in [-0.4, -0.2) is 17.5 Å². The number of carbonyl (C=O) groups excluding carboxylic acids is 1. The lowest BCUT2D eigenvalue weighted by molar-refractivity contribution is -0.131. The maximum Gasteiger partial charge on any atom is 0.328 e. The minimum atomic E-state index is -1.05. The minimum absolute atomic E-state index is 0.241. The third kappa shape index (κ3) is 6.42. The fraction of sp³-hybridized carbons (Fsp3) is 0. The molecule has 0 spiro atoms. The Bertz CT molecular complexity index is 169. The number of carboxylic acids is 1. The molecule has 0 aromatic carbocycles. The van der Waals surface area contributed by atoms with Crippen molar-refractivity contribution in [2.45, 2.75) is 0 Å². The zero-order chi connectivity index (χ0) is 7.82. The van der Waals surface area contributed by atoms with E-state index in [2.05, 4.69) is 4.74 Å². The van der Waals surface area contributed by atoms with Gasteiger partial charge in [-0.1, -0.05) is 6.08 Å². The minimum Gasteiger partial charge on any atom is -0.478 e. The predicted molar refractivity (Wildman–Crippen MR) is 33.1 cm³/mol. The number of ether oxygens (including phenoxy) is 1. The Labute approximate surface area is 57.4 Å². The van der Waals surface area contributed by atoms with Gasteiger partial charge in [0.2, 0.25) is 0 Å². The summed E-state index contributed by atoms with van der Waals surface area (Å²) in [5.74, 6) is -1.05. The van der Waals surface area contributed by atoms with Gasteiger partial charge in [-0.25, -0.2) is 4.79 Å². The van der Waals surface area contributed by atoms with E-state index in [9.17, 15) is 9.59 Å². The monoisotopic (exact) mass is 142 g/mol. The number of carbonyl (C=O) groups is 2. The number of carboxylic acid groups (broad SMARTS) is 1. The molecule has 0 saturated carbocycles. The Hall–Kier alpha value is -1.58. The highest BCUT2D eigenvalue weighted by molar-refractivity contribution is 5.80. The lowest BCUT2D eigenvalue weighted by atomic mass is 10.5. The molecule has 0 radical (unpaired) electrons. The second kappa shape index (κ2) is 5.55. The van der Waals surface area contributed by atoms with Crippen LogP contribution in [0.1, 0.15) is 0 Å². The number of rotatable bonds is 4. The van der Waals surface area contributed by atoms with Crippen LogP contribution in [0, 0.1) is 0 Å². The van der Waals surface area contributed by atoms with Crippen LogP contribution in [-0.2, 0) is 14.3 Å². The molecule has 0 aromatic heterocycles. The summed E-state index contributed by atoms with van der Waals surface area (Å²) in [5, 5.41) is 8.04. The van der Waals surface area contributed by atoms with Crippen LogP contribution in [0.3, 0.4) is 0 Å². The summed E-state index contributed by atoms with van der Waals surface area (Å²) in [5.41, 5.74) is 0. The topological polar surface area (TPSA) is 63.6 Å². The Morgan fingerprint density at radius 1 is 1.40 bits per heavy atom. The third-order valence-electron chi connectivity index (χ3n) is 0.563. The van der Waals surface area contributed by atoms with Gasteiger partial charge in [0, 0.05) is 6.08 Å². The van der Waals surface area contributed by atoms with Crippen LogP contribution in [0.25, 0.3) is 0 Å². The van der Waals surface area contributed by atoms with Gasteiger partial charge in [0.25, 0.3) is 6.47 Å². The van der Waals surface area contributed by atoms with Crippen LogP contribution in [0.5, 0.6) is 0 Å². The summed E-state index contributed by atoms with van der Waals surface area (Å²) in [6.45, 7) is 0.241. The fourth-order valence-electron chi connectivity index (χ4n) is 0.261. The number of aliphatic carboxylic acids is 1. The van der Waals surface area contributed by atoms with Crippen molar-refractivity contribution in [1.82, 2.24) is 0 Å². The molecule has 10 heavy (non-hydrogen) atoms. The van der Waals surface area contributed by atoms with Crippen molar-refractivity contribution >= 4 is 12.4 Å². The lowest BCUT2D eigenvalue weighted by Crippen LogP contribution is -1.84. The van der Waals surface area contributed by atoms with Crippen molar-refractivity contribution < 1.29 is 19.4 Å². The molecule has 0 bridgehead atoms. The van der Waals surface area contributed by atoms with Gasteiger partial charge < -0.3 is 9.84 Å². The van der Waals surface area contributed by atoms with Gasteiger partial charge in [0.05, 0.1) is 6.26 Å². The Kier molecular flexibility index (Phi) is 4.68. The van der Waals surface area contributed by atoms with Gasteiger partial charge in [-0.05, 0) is 6.08 Å². The molecule has 0 fully saturated rings. The molecule has 0 aliphatic carbocycles. The molecule has 4 heteroatoms. The first kappa shape index (κ1) is 8.42. The van der Waals surface area contributed by atoms with E-state index < -0.39 is 5.97 Å². The summed E-state index contributed by atoms with van der Waals surface area (Å²) < 4.78 is 4.11. The van der Waals surface area contributed by atoms with Gasteiger partial charge in [-0.15, -0.1) is 0 Å². The molecular weight excluding hydrogens is 136 g/mol. The summed E-state index contributed by atoms with van der Waals surface area (Å²) in [6.07, 6.45) is 4.53. The average Bonchev–Trinajstić information content (AvgIpc) is 1.87. The van der Waals surface area contributed by atoms with Gasteiger partial charge >= 0.3 is 5.97 Å². The second-order valence-electron chi connectivity index (χ2n) is 1.26. The average molecular weight is 142 g/mol. The molecule has 0 rings (SSSR count). The maximum absolute atomic E-state index is 9.80.